The number of rotatable bonds is 5. The van der Waals surface area contributed by atoms with Crippen molar-refractivity contribution in [2.24, 2.45) is 0 Å². The number of sulfonamides is 1. The number of hydrogen-bond donors (Lipinski definition) is 0. The summed E-state index contributed by atoms with van der Waals surface area (Å²) in [5.74, 6) is 0. The molecular formula is C12H16BrClN2O4S. The van der Waals surface area contributed by atoms with Crippen molar-refractivity contribution in [1.82, 2.24) is 4.90 Å². The third-order valence-electron chi connectivity index (χ3n) is 2.46. The fraction of sp³-hybridized carbons (Fsp3) is 0.417. The first kappa shape index (κ1) is 18.1. The van der Waals surface area contributed by atoms with Gasteiger partial charge in [-0.15, -0.1) is 0 Å². The minimum Gasteiger partial charge on any atom is -0.447 e. The van der Waals surface area contributed by atoms with E-state index in [2.05, 4.69) is 15.9 Å². The van der Waals surface area contributed by atoms with Crippen LogP contribution >= 0.6 is 27.5 Å². The Hall–Kier alpha value is -0.990. The van der Waals surface area contributed by atoms with E-state index >= 15 is 0 Å². The average Bonchev–Trinajstić information content (AvgIpc) is 2.34. The summed E-state index contributed by atoms with van der Waals surface area (Å²) < 4.78 is 30.6. The molecule has 0 fully saturated rings. The lowest BCUT2D eigenvalue weighted by atomic mass is 10.3. The summed E-state index contributed by atoms with van der Waals surface area (Å²) in [6.45, 7) is -0.0871. The highest BCUT2D eigenvalue weighted by atomic mass is 79.9. The van der Waals surface area contributed by atoms with Gasteiger partial charge in [-0.1, -0.05) is 27.5 Å². The molecule has 21 heavy (non-hydrogen) atoms. The van der Waals surface area contributed by atoms with Gasteiger partial charge in [-0.2, -0.15) is 0 Å². The van der Waals surface area contributed by atoms with Crippen LogP contribution in [0.15, 0.2) is 22.7 Å². The predicted octanol–water partition coefficient (Wildman–Crippen LogP) is 2.57. The molecule has 0 radical (unpaired) electrons. The number of amides is 1. The van der Waals surface area contributed by atoms with Crippen molar-refractivity contribution in [2.45, 2.75) is 0 Å². The summed E-state index contributed by atoms with van der Waals surface area (Å²) in [7, 11) is -0.455. The highest BCUT2D eigenvalue weighted by Gasteiger charge is 2.20. The van der Waals surface area contributed by atoms with E-state index in [1.807, 2.05) is 0 Å². The summed E-state index contributed by atoms with van der Waals surface area (Å²) in [5.41, 5.74) is 0.336. The number of halogens is 2. The van der Waals surface area contributed by atoms with Gasteiger partial charge in [0.2, 0.25) is 10.0 Å². The molecule has 0 atom stereocenters. The van der Waals surface area contributed by atoms with Crippen molar-refractivity contribution in [3.8, 4) is 0 Å². The van der Waals surface area contributed by atoms with Crippen LogP contribution in [-0.4, -0.2) is 52.9 Å². The fourth-order valence-electron chi connectivity index (χ4n) is 1.49. The Morgan fingerprint density at radius 2 is 2.00 bits per heavy atom. The smallest absolute Gasteiger partial charge is 0.409 e. The first-order chi connectivity index (χ1) is 9.62. The number of hydrogen-bond acceptors (Lipinski definition) is 4. The van der Waals surface area contributed by atoms with Crippen molar-refractivity contribution in [3.05, 3.63) is 27.7 Å². The molecule has 0 heterocycles. The molecule has 118 valence electrons. The van der Waals surface area contributed by atoms with E-state index in [0.717, 1.165) is 15.0 Å². The average molecular weight is 400 g/mol. The third-order valence-corrected chi connectivity index (χ3v) is 4.44. The topological polar surface area (TPSA) is 66.9 Å². The monoisotopic (exact) mass is 398 g/mol. The van der Waals surface area contributed by atoms with Gasteiger partial charge in [0.05, 0.1) is 23.5 Å². The van der Waals surface area contributed by atoms with E-state index in [4.69, 9.17) is 16.3 Å². The van der Waals surface area contributed by atoms with Gasteiger partial charge < -0.3 is 9.64 Å². The van der Waals surface area contributed by atoms with E-state index in [-0.39, 0.29) is 18.2 Å². The lowest BCUT2D eigenvalue weighted by Crippen LogP contribution is -2.35. The van der Waals surface area contributed by atoms with Crippen molar-refractivity contribution >= 4 is 49.3 Å². The molecule has 0 aliphatic heterocycles. The minimum absolute atomic E-state index is 0.0141. The maximum atomic E-state index is 11.9. The zero-order valence-corrected chi connectivity index (χ0v) is 15.0. The molecule has 0 N–H and O–H groups in total. The summed E-state index contributed by atoms with van der Waals surface area (Å²) in [6.07, 6.45) is 0.532. The largest absolute Gasteiger partial charge is 0.447 e. The van der Waals surface area contributed by atoms with Gasteiger partial charge in [0.1, 0.15) is 6.61 Å². The molecular weight excluding hydrogens is 384 g/mol. The van der Waals surface area contributed by atoms with Gasteiger partial charge in [-0.25, -0.2) is 13.2 Å². The molecule has 9 heteroatoms. The van der Waals surface area contributed by atoms with E-state index in [1.54, 1.807) is 32.3 Å². The van der Waals surface area contributed by atoms with Crippen LogP contribution in [-0.2, 0) is 14.8 Å². The van der Waals surface area contributed by atoms with Gasteiger partial charge in [-0.05, 0) is 18.2 Å². The molecule has 1 aromatic carbocycles. The van der Waals surface area contributed by atoms with E-state index in [0.29, 0.717) is 5.69 Å². The van der Waals surface area contributed by atoms with Crippen LogP contribution in [0.5, 0.6) is 0 Å². The zero-order valence-electron chi connectivity index (χ0n) is 11.8. The Labute approximate surface area is 137 Å². The Bertz CT molecular complexity index is 622. The lowest BCUT2D eigenvalue weighted by molar-refractivity contribution is 0.121. The van der Waals surface area contributed by atoms with Crippen molar-refractivity contribution in [3.63, 3.8) is 0 Å². The second-order valence-corrected chi connectivity index (χ2v) is 7.67. The standard InChI is InChI=1S/C12H16BrClN2O4S/c1-15(2)12(17)20-7-6-16(21(3,18)19)11-5-4-9(13)8-10(11)14/h4-5,8H,6-7H2,1-3H3. The predicted molar refractivity (Wildman–Crippen MR) is 86.4 cm³/mol. The fourth-order valence-corrected chi connectivity index (χ4v) is 3.24. The maximum Gasteiger partial charge on any atom is 0.409 e. The van der Waals surface area contributed by atoms with E-state index in [1.165, 1.54) is 4.90 Å². The van der Waals surface area contributed by atoms with Crippen molar-refractivity contribution in [2.75, 3.05) is 37.8 Å². The van der Waals surface area contributed by atoms with Gasteiger partial charge in [0, 0.05) is 18.6 Å². The number of ether oxygens (including phenoxy) is 1. The minimum atomic E-state index is -3.54. The molecule has 0 aliphatic rings. The van der Waals surface area contributed by atoms with Crippen LogP contribution in [0.1, 0.15) is 0 Å². The highest BCUT2D eigenvalue weighted by Crippen LogP contribution is 2.30. The molecule has 0 aliphatic carbocycles. The summed E-state index contributed by atoms with van der Waals surface area (Å²) in [6, 6.07) is 4.87. The Morgan fingerprint density at radius 3 is 2.48 bits per heavy atom. The second kappa shape index (κ2) is 7.33. The molecule has 0 bridgehead atoms. The molecule has 0 aromatic heterocycles. The maximum absolute atomic E-state index is 11.9. The SMILES string of the molecule is CN(C)C(=O)OCCN(c1ccc(Br)cc1Cl)S(C)(=O)=O. The van der Waals surface area contributed by atoms with Gasteiger partial charge in [-0.3, -0.25) is 4.31 Å². The Morgan fingerprint density at radius 1 is 1.38 bits per heavy atom. The third kappa shape index (κ3) is 5.37. The molecule has 0 unspecified atom stereocenters. The van der Waals surface area contributed by atoms with Gasteiger partial charge in [0.15, 0.2) is 0 Å². The van der Waals surface area contributed by atoms with E-state index in [9.17, 15) is 13.2 Å². The van der Waals surface area contributed by atoms with Crippen LogP contribution in [0.2, 0.25) is 5.02 Å². The number of carbonyl (C=O) groups excluding carboxylic acids is 1. The molecule has 6 nitrogen and oxygen atoms in total. The van der Waals surface area contributed by atoms with Gasteiger partial charge >= 0.3 is 6.09 Å². The van der Waals surface area contributed by atoms with Crippen LogP contribution in [0, 0.1) is 0 Å². The quantitative estimate of drug-likeness (QED) is 0.763. The first-order valence-corrected chi connectivity index (χ1v) is 8.91. The Balaban J connectivity index is 2.90. The number of anilines is 1. The Kier molecular flexibility index (Phi) is 6.30. The number of nitrogens with zero attached hydrogens (tertiary/aromatic N) is 2. The number of benzene rings is 1. The van der Waals surface area contributed by atoms with Crippen molar-refractivity contribution in [1.29, 1.82) is 0 Å². The second-order valence-electron chi connectivity index (χ2n) is 4.44. The summed E-state index contributed by atoms with van der Waals surface area (Å²) in [4.78, 5) is 12.6. The van der Waals surface area contributed by atoms with Crippen LogP contribution < -0.4 is 4.31 Å². The van der Waals surface area contributed by atoms with Crippen LogP contribution in [0.4, 0.5) is 10.5 Å². The summed E-state index contributed by atoms with van der Waals surface area (Å²) in [5, 5.41) is 0.286. The normalized spacial score (nSPS) is 11.1. The highest BCUT2D eigenvalue weighted by molar-refractivity contribution is 9.10. The molecule has 1 rings (SSSR count). The molecule has 1 aromatic rings. The first-order valence-electron chi connectivity index (χ1n) is 5.89. The lowest BCUT2D eigenvalue weighted by Gasteiger charge is -2.23. The van der Waals surface area contributed by atoms with Crippen LogP contribution in [0.25, 0.3) is 0 Å². The molecule has 0 saturated heterocycles. The molecule has 0 saturated carbocycles. The van der Waals surface area contributed by atoms with Crippen molar-refractivity contribution < 1.29 is 17.9 Å². The number of carbonyl (C=O) groups is 1. The molecule has 0 spiro atoms. The van der Waals surface area contributed by atoms with Crippen LogP contribution in [0.3, 0.4) is 0 Å². The van der Waals surface area contributed by atoms with Gasteiger partial charge in [0.25, 0.3) is 0 Å². The molecule has 1 amide bonds. The summed E-state index contributed by atoms with van der Waals surface area (Å²) >= 11 is 9.33. The zero-order chi connectivity index (χ0) is 16.2. The van der Waals surface area contributed by atoms with E-state index < -0.39 is 16.1 Å².